The van der Waals surface area contributed by atoms with Gasteiger partial charge >= 0.3 is 0 Å². The summed E-state index contributed by atoms with van der Waals surface area (Å²) < 4.78 is 7.19. The molecular formula is C29H32N8O5. The zero-order valence-corrected chi connectivity index (χ0v) is 23.2. The lowest BCUT2D eigenvalue weighted by molar-refractivity contribution is -0.137. The molecule has 3 aromatic rings. The number of carbonyl (C=O) groups excluding carboxylic acids is 4. The van der Waals surface area contributed by atoms with Gasteiger partial charge in [0.05, 0.1) is 19.2 Å². The van der Waals surface area contributed by atoms with Crippen molar-refractivity contribution < 1.29 is 23.9 Å². The second-order valence-electron chi connectivity index (χ2n) is 9.98. The maximum absolute atomic E-state index is 13.1. The van der Waals surface area contributed by atoms with Crippen molar-refractivity contribution in [2.24, 2.45) is 0 Å². The first kappa shape index (κ1) is 28.8. The first-order chi connectivity index (χ1) is 20.4. The Morgan fingerprint density at radius 1 is 1.21 bits per heavy atom. The van der Waals surface area contributed by atoms with E-state index in [0.717, 1.165) is 16.7 Å². The van der Waals surface area contributed by atoms with E-state index in [1.54, 1.807) is 22.9 Å². The fourth-order valence-corrected chi connectivity index (χ4v) is 5.14. The molecule has 0 radical (unpaired) electrons. The predicted octanol–water partition coefficient (Wildman–Crippen LogP) is 1.47. The topological polar surface area (TPSA) is 160 Å². The summed E-state index contributed by atoms with van der Waals surface area (Å²) in [7, 11) is 0. The monoisotopic (exact) mass is 572 g/mol. The Hall–Kier alpha value is -4.75. The van der Waals surface area contributed by atoms with Crippen LogP contribution in [-0.4, -0.2) is 68.0 Å². The Balaban J connectivity index is 1.34. The van der Waals surface area contributed by atoms with Crippen LogP contribution in [0.4, 0.5) is 5.69 Å². The number of hydrogen-bond acceptors (Lipinski definition) is 9. The first-order valence-corrected chi connectivity index (χ1v) is 13.7. The van der Waals surface area contributed by atoms with E-state index in [1.807, 2.05) is 31.2 Å². The molecule has 0 spiro atoms. The number of nitrogens with zero attached hydrogens (tertiary/aromatic N) is 5. The second kappa shape index (κ2) is 12.8. The third kappa shape index (κ3) is 6.26. The lowest BCUT2D eigenvalue weighted by atomic mass is 10.0. The molecule has 4 amide bonds. The van der Waals surface area contributed by atoms with Gasteiger partial charge in [-0.05, 0) is 64.7 Å². The van der Waals surface area contributed by atoms with Crippen LogP contribution in [0.2, 0.25) is 0 Å². The van der Waals surface area contributed by atoms with E-state index in [1.165, 1.54) is 11.0 Å². The molecular weight excluding hydrogens is 540 g/mol. The van der Waals surface area contributed by atoms with Gasteiger partial charge in [0.2, 0.25) is 17.7 Å². The first-order valence-electron chi connectivity index (χ1n) is 13.7. The molecule has 2 aromatic carbocycles. The van der Waals surface area contributed by atoms with Gasteiger partial charge in [-0.1, -0.05) is 30.8 Å². The van der Waals surface area contributed by atoms with Gasteiger partial charge in [-0.3, -0.25) is 29.8 Å². The summed E-state index contributed by atoms with van der Waals surface area (Å²) in [5.41, 5.74) is 3.81. The molecule has 0 saturated carbocycles. The molecule has 3 heterocycles. The summed E-state index contributed by atoms with van der Waals surface area (Å²) in [6, 6.07) is 11.9. The number of tetrazole rings is 1. The molecule has 2 aliphatic rings. The number of hydrogen-bond donors (Lipinski definition) is 3. The van der Waals surface area contributed by atoms with E-state index in [0.29, 0.717) is 56.3 Å². The Kier molecular flexibility index (Phi) is 8.79. The highest BCUT2D eigenvalue weighted by atomic mass is 16.5. The van der Waals surface area contributed by atoms with Gasteiger partial charge in [-0.15, -0.1) is 5.10 Å². The number of anilines is 1. The van der Waals surface area contributed by atoms with Gasteiger partial charge in [-0.2, -0.15) is 0 Å². The Bertz CT molecular complexity index is 1500. The highest BCUT2D eigenvalue weighted by Crippen LogP contribution is 2.29. The summed E-state index contributed by atoms with van der Waals surface area (Å²) >= 11 is 0. The van der Waals surface area contributed by atoms with Crippen LogP contribution in [0.1, 0.15) is 58.7 Å². The minimum absolute atomic E-state index is 0.207. The van der Waals surface area contributed by atoms with Crippen molar-refractivity contribution in [1.82, 2.24) is 35.7 Å². The maximum atomic E-state index is 13.1. The van der Waals surface area contributed by atoms with E-state index in [2.05, 4.69) is 38.1 Å². The fourth-order valence-electron chi connectivity index (χ4n) is 5.14. The zero-order valence-electron chi connectivity index (χ0n) is 23.2. The van der Waals surface area contributed by atoms with Crippen molar-refractivity contribution in [2.45, 2.75) is 51.5 Å². The molecule has 5 rings (SSSR count). The number of aromatic nitrogens is 4. The SMILES string of the molecule is C=CC(=O)Nc1ccc(C(NCc2ccc3c(c2)CN(C2CCC(=O)NC2=O)C3=O)c2nnnn2CCOCC)cc1. The van der Waals surface area contributed by atoms with Gasteiger partial charge in [0.15, 0.2) is 5.82 Å². The van der Waals surface area contributed by atoms with Gasteiger partial charge in [0, 0.05) is 37.4 Å². The van der Waals surface area contributed by atoms with Crippen LogP contribution < -0.4 is 16.0 Å². The molecule has 2 atom stereocenters. The van der Waals surface area contributed by atoms with Gasteiger partial charge in [-0.25, -0.2) is 4.68 Å². The summed E-state index contributed by atoms with van der Waals surface area (Å²) in [5.74, 6) is -0.673. The van der Waals surface area contributed by atoms with Crippen LogP contribution >= 0.6 is 0 Å². The summed E-state index contributed by atoms with van der Waals surface area (Å²) in [4.78, 5) is 50.3. The number of nitrogens with one attached hydrogen (secondary N) is 3. The minimum atomic E-state index is -0.664. The molecule has 42 heavy (non-hydrogen) atoms. The van der Waals surface area contributed by atoms with E-state index in [-0.39, 0.29) is 24.1 Å². The van der Waals surface area contributed by atoms with Crippen LogP contribution in [0, 0.1) is 0 Å². The molecule has 2 unspecified atom stereocenters. The van der Waals surface area contributed by atoms with E-state index < -0.39 is 18.0 Å². The second-order valence-corrected chi connectivity index (χ2v) is 9.98. The van der Waals surface area contributed by atoms with Crippen LogP contribution in [0.25, 0.3) is 0 Å². The van der Waals surface area contributed by atoms with Crippen LogP contribution in [0.5, 0.6) is 0 Å². The number of imide groups is 1. The van der Waals surface area contributed by atoms with Crippen LogP contribution in [0.15, 0.2) is 55.1 Å². The molecule has 0 bridgehead atoms. The smallest absolute Gasteiger partial charge is 0.255 e. The average Bonchev–Trinajstić information content (AvgIpc) is 3.58. The molecule has 0 aliphatic carbocycles. The highest BCUT2D eigenvalue weighted by molar-refractivity contribution is 6.05. The van der Waals surface area contributed by atoms with E-state index >= 15 is 0 Å². The van der Waals surface area contributed by atoms with Crippen molar-refractivity contribution in [2.75, 3.05) is 18.5 Å². The number of fused-ring (bicyclic) bond motifs is 1. The largest absolute Gasteiger partial charge is 0.380 e. The van der Waals surface area contributed by atoms with Crippen molar-refractivity contribution >= 4 is 29.3 Å². The quantitative estimate of drug-likeness (QED) is 0.166. The predicted molar refractivity (Wildman–Crippen MR) is 151 cm³/mol. The Labute approximate surface area is 242 Å². The lowest BCUT2D eigenvalue weighted by Crippen LogP contribution is -2.52. The summed E-state index contributed by atoms with van der Waals surface area (Å²) in [6.07, 6.45) is 1.73. The molecule has 2 aliphatic heterocycles. The van der Waals surface area contributed by atoms with Crippen molar-refractivity contribution in [3.05, 3.63) is 83.2 Å². The Morgan fingerprint density at radius 2 is 2.02 bits per heavy atom. The van der Waals surface area contributed by atoms with Crippen molar-refractivity contribution in [3.63, 3.8) is 0 Å². The molecule has 13 heteroatoms. The number of carbonyl (C=O) groups is 4. The third-order valence-electron chi connectivity index (χ3n) is 7.26. The third-order valence-corrected chi connectivity index (χ3v) is 7.26. The standard InChI is InChI=1S/C29H32N8O5/c1-3-24(38)31-21-8-6-19(7-9-21)26(27-33-34-35-37(27)13-14-42-4-2)30-16-18-5-10-22-20(15-18)17-36(29(22)41)23-11-12-25(39)32-28(23)40/h3,5-10,15,23,26,30H,1,4,11-14,16-17H2,2H3,(H,31,38)(H,32,39,40). The van der Waals surface area contributed by atoms with E-state index in [4.69, 9.17) is 4.74 Å². The number of piperidine rings is 1. The van der Waals surface area contributed by atoms with Gasteiger partial charge in [0.1, 0.15) is 6.04 Å². The molecule has 1 saturated heterocycles. The van der Waals surface area contributed by atoms with Crippen molar-refractivity contribution in [3.8, 4) is 0 Å². The molecule has 1 fully saturated rings. The number of amides is 4. The average molecular weight is 573 g/mol. The summed E-state index contributed by atoms with van der Waals surface area (Å²) in [5, 5.41) is 20.9. The fraction of sp³-hybridized carbons (Fsp3) is 0.345. The summed E-state index contributed by atoms with van der Waals surface area (Å²) in [6.45, 7) is 7.64. The van der Waals surface area contributed by atoms with Crippen molar-refractivity contribution in [1.29, 1.82) is 0 Å². The Morgan fingerprint density at radius 3 is 2.76 bits per heavy atom. The maximum Gasteiger partial charge on any atom is 0.255 e. The van der Waals surface area contributed by atoms with Gasteiger partial charge in [0.25, 0.3) is 5.91 Å². The zero-order chi connectivity index (χ0) is 29.6. The normalized spacial score (nSPS) is 17.1. The van der Waals surface area contributed by atoms with E-state index in [9.17, 15) is 19.2 Å². The van der Waals surface area contributed by atoms with Crippen LogP contribution in [-0.2, 0) is 38.8 Å². The lowest BCUT2D eigenvalue weighted by Gasteiger charge is -2.29. The number of benzene rings is 2. The van der Waals surface area contributed by atoms with Gasteiger partial charge < -0.3 is 15.0 Å². The van der Waals surface area contributed by atoms with Crippen LogP contribution in [0.3, 0.4) is 0 Å². The molecule has 1 aromatic heterocycles. The highest BCUT2D eigenvalue weighted by Gasteiger charge is 2.39. The number of ether oxygens (including phenoxy) is 1. The molecule has 13 nitrogen and oxygen atoms in total. The molecule has 3 N–H and O–H groups in total. The minimum Gasteiger partial charge on any atom is -0.380 e. The molecule has 218 valence electrons. The number of rotatable bonds is 12.